The van der Waals surface area contributed by atoms with Gasteiger partial charge in [0.1, 0.15) is 17.6 Å². The van der Waals surface area contributed by atoms with Gasteiger partial charge in [0.15, 0.2) is 6.61 Å². The fourth-order valence-electron chi connectivity index (χ4n) is 2.13. The molecule has 0 fully saturated rings. The minimum atomic E-state index is -0.0286. The average Bonchev–Trinajstić information content (AvgIpc) is 2.63. The average molecular weight is 403 g/mol. The quantitative estimate of drug-likeness (QED) is 0.646. The molecule has 2 aromatic rings. The van der Waals surface area contributed by atoms with Gasteiger partial charge in [-0.15, -0.1) is 0 Å². The zero-order valence-corrected chi connectivity index (χ0v) is 15.3. The molecule has 1 amide bonds. The molecule has 0 aliphatic rings. The van der Waals surface area contributed by atoms with E-state index in [0.29, 0.717) is 31.7 Å². The van der Waals surface area contributed by atoms with Gasteiger partial charge in [-0.2, -0.15) is 5.26 Å². The van der Waals surface area contributed by atoms with Gasteiger partial charge in [-0.3, -0.25) is 4.79 Å². The van der Waals surface area contributed by atoms with Crippen molar-refractivity contribution in [1.29, 1.82) is 5.26 Å². The number of ether oxygens (including phenoxy) is 2. The summed E-state index contributed by atoms with van der Waals surface area (Å²) >= 11 is 3.42. The van der Waals surface area contributed by atoms with Gasteiger partial charge in [0.25, 0.3) is 0 Å². The van der Waals surface area contributed by atoms with E-state index in [2.05, 4.69) is 21.2 Å². The van der Waals surface area contributed by atoms with Gasteiger partial charge in [-0.25, -0.2) is 0 Å². The van der Waals surface area contributed by atoms with Crippen LogP contribution in [0.3, 0.4) is 0 Å². The normalized spacial score (nSPS) is 9.92. The molecule has 25 heavy (non-hydrogen) atoms. The van der Waals surface area contributed by atoms with E-state index < -0.39 is 0 Å². The molecule has 5 nitrogen and oxygen atoms in total. The summed E-state index contributed by atoms with van der Waals surface area (Å²) in [5, 5.41) is 11.4. The summed E-state index contributed by atoms with van der Waals surface area (Å²) in [6.07, 6.45) is 1.04. The van der Waals surface area contributed by atoms with Crippen LogP contribution >= 0.6 is 15.9 Å². The Balaban J connectivity index is 1.67. The fourth-order valence-corrected chi connectivity index (χ4v) is 2.53. The van der Waals surface area contributed by atoms with Crippen LogP contribution in [0.1, 0.15) is 18.4 Å². The number of carbonyl (C=O) groups excluding carboxylic acids is 1. The number of amides is 1. The van der Waals surface area contributed by atoms with Gasteiger partial charge in [-0.1, -0.05) is 24.3 Å². The van der Waals surface area contributed by atoms with E-state index in [1.807, 2.05) is 48.5 Å². The van der Waals surface area contributed by atoms with Gasteiger partial charge in [0.2, 0.25) is 5.91 Å². The first kappa shape index (κ1) is 18.8. The van der Waals surface area contributed by atoms with Gasteiger partial charge >= 0.3 is 0 Å². The van der Waals surface area contributed by atoms with Crippen molar-refractivity contribution < 1.29 is 14.3 Å². The third kappa shape index (κ3) is 6.86. The van der Waals surface area contributed by atoms with E-state index in [4.69, 9.17) is 14.7 Å². The SMILES string of the molecule is N#CCOc1cccc(CNC(=O)CCCOc2ccccc2Br)c1. The number of hydrogen-bond donors (Lipinski definition) is 1. The Labute approximate surface area is 155 Å². The molecule has 0 saturated heterocycles. The summed E-state index contributed by atoms with van der Waals surface area (Å²) in [4.78, 5) is 11.9. The lowest BCUT2D eigenvalue weighted by Gasteiger charge is -2.09. The minimum Gasteiger partial charge on any atom is -0.492 e. The molecule has 0 spiro atoms. The summed E-state index contributed by atoms with van der Waals surface area (Å²) in [6.45, 7) is 0.911. The number of benzene rings is 2. The summed E-state index contributed by atoms with van der Waals surface area (Å²) < 4.78 is 11.8. The Kier molecular flexibility index (Phi) is 7.80. The highest BCUT2D eigenvalue weighted by Gasteiger charge is 2.04. The molecule has 0 aromatic heterocycles. The van der Waals surface area contributed by atoms with Crippen molar-refractivity contribution in [1.82, 2.24) is 5.32 Å². The maximum absolute atomic E-state index is 11.9. The smallest absolute Gasteiger partial charge is 0.220 e. The van der Waals surface area contributed by atoms with Crippen molar-refractivity contribution in [2.75, 3.05) is 13.2 Å². The van der Waals surface area contributed by atoms with Crippen molar-refractivity contribution in [2.45, 2.75) is 19.4 Å². The molecule has 0 radical (unpaired) electrons. The predicted octanol–water partition coefficient (Wildman–Crippen LogP) is 3.83. The van der Waals surface area contributed by atoms with E-state index >= 15 is 0 Å². The summed E-state index contributed by atoms with van der Waals surface area (Å²) in [6, 6.07) is 16.9. The first-order valence-electron chi connectivity index (χ1n) is 7.92. The molecule has 0 heterocycles. The number of rotatable bonds is 9. The van der Waals surface area contributed by atoms with Crippen molar-refractivity contribution in [3.8, 4) is 17.6 Å². The maximum Gasteiger partial charge on any atom is 0.220 e. The predicted molar refractivity (Wildman–Crippen MR) is 98.3 cm³/mol. The van der Waals surface area contributed by atoms with Gasteiger partial charge in [0, 0.05) is 13.0 Å². The van der Waals surface area contributed by atoms with E-state index in [-0.39, 0.29) is 12.5 Å². The zero-order chi connectivity index (χ0) is 17.9. The number of halogens is 1. The molecule has 0 bridgehead atoms. The lowest BCUT2D eigenvalue weighted by Crippen LogP contribution is -2.23. The number of nitrogens with zero attached hydrogens (tertiary/aromatic N) is 1. The Morgan fingerprint density at radius 1 is 1.16 bits per heavy atom. The number of nitrogens with one attached hydrogen (secondary N) is 1. The topological polar surface area (TPSA) is 71.3 Å². The summed E-state index contributed by atoms with van der Waals surface area (Å²) in [5.74, 6) is 1.37. The highest BCUT2D eigenvalue weighted by atomic mass is 79.9. The van der Waals surface area contributed by atoms with Crippen molar-refractivity contribution in [2.24, 2.45) is 0 Å². The molecular formula is C19H19BrN2O3. The van der Waals surface area contributed by atoms with Crippen LogP contribution in [-0.2, 0) is 11.3 Å². The Morgan fingerprint density at radius 3 is 2.80 bits per heavy atom. The second kappa shape index (κ2) is 10.4. The maximum atomic E-state index is 11.9. The van der Waals surface area contributed by atoms with Crippen molar-refractivity contribution in [3.63, 3.8) is 0 Å². The largest absolute Gasteiger partial charge is 0.492 e. The van der Waals surface area contributed by atoms with Crippen molar-refractivity contribution in [3.05, 3.63) is 58.6 Å². The monoisotopic (exact) mass is 402 g/mol. The first-order chi connectivity index (χ1) is 12.2. The number of para-hydroxylation sites is 1. The second-order valence-electron chi connectivity index (χ2n) is 5.25. The van der Waals surface area contributed by atoms with Crippen LogP contribution in [0, 0.1) is 11.3 Å². The van der Waals surface area contributed by atoms with Crippen LogP contribution in [0.15, 0.2) is 53.0 Å². The Morgan fingerprint density at radius 2 is 2.00 bits per heavy atom. The molecule has 6 heteroatoms. The lowest BCUT2D eigenvalue weighted by molar-refractivity contribution is -0.121. The number of carbonyl (C=O) groups is 1. The van der Waals surface area contributed by atoms with E-state index in [0.717, 1.165) is 15.8 Å². The number of hydrogen-bond acceptors (Lipinski definition) is 4. The van der Waals surface area contributed by atoms with Crippen molar-refractivity contribution >= 4 is 21.8 Å². The third-order valence-electron chi connectivity index (χ3n) is 3.33. The van der Waals surface area contributed by atoms with Gasteiger partial charge in [-0.05, 0) is 52.2 Å². The highest BCUT2D eigenvalue weighted by Crippen LogP contribution is 2.23. The van der Waals surface area contributed by atoms with E-state index in [1.54, 1.807) is 6.07 Å². The van der Waals surface area contributed by atoms with E-state index in [9.17, 15) is 4.79 Å². The van der Waals surface area contributed by atoms with Gasteiger partial charge in [0.05, 0.1) is 11.1 Å². The zero-order valence-electron chi connectivity index (χ0n) is 13.7. The van der Waals surface area contributed by atoms with Crippen LogP contribution in [0.4, 0.5) is 0 Å². The molecule has 1 N–H and O–H groups in total. The van der Waals surface area contributed by atoms with Crippen LogP contribution in [0.5, 0.6) is 11.5 Å². The number of nitriles is 1. The molecule has 0 aliphatic heterocycles. The highest BCUT2D eigenvalue weighted by molar-refractivity contribution is 9.10. The molecule has 0 aliphatic carbocycles. The molecule has 130 valence electrons. The van der Waals surface area contributed by atoms with Crippen LogP contribution in [0.25, 0.3) is 0 Å². The summed E-state index contributed by atoms with van der Waals surface area (Å²) in [7, 11) is 0. The molecular weight excluding hydrogens is 384 g/mol. The second-order valence-corrected chi connectivity index (χ2v) is 6.11. The van der Waals surface area contributed by atoms with Crippen LogP contribution < -0.4 is 14.8 Å². The van der Waals surface area contributed by atoms with Crippen LogP contribution in [0.2, 0.25) is 0 Å². The minimum absolute atomic E-state index is 0.00728. The van der Waals surface area contributed by atoms with Crippen LogP contribution in [-0.4, -0.2) is 19.1 Å². The lowest BCUT2D eigenvalue weighted by atomic mass is 10.2. The standard InChI is InChI=1S/C19H19BrN2O3/c20-17-7-1-2-8-18(17)25-11-4-9-19(23)22-14-15-5-3-6-16(13-15)24-12-10-21/h1-3,5-8,13H,4,9,11-12,14H2,(H,22,23). The molecule has 0 saturated carbocycles. The Hall–Kier alpha value is -2.52. The first-order valence-corrected chi connectivity index (χ1v) is 8.71. The Bertz CT molecular complexity index is 743. The molecule has 2 aromatic carbocycles. The molecule has 0 unspecified atom stereocenters. The van der Waals surface area contributed by atoms with E-state index in [1.165, 1.54) is 0 Å². The molecule has 2 rings (SSSR count). The summed E-state index contributed by atoms with van der Waals surface area (Å²) in [5.41, 5.74) is 0.924. The molecule has 0 atom stereocenters. The van der Waals surface area contributed by atoms with Gasteiger partial charge < -0.3 is 14.8 Å². The third-order valence-corrected chi connectivity index (χ3v) is 3.99. The fraction of sp³-hybridized carbons (Fsp3) is 0.263.